The molecule has 0 aliphatic rings. The molecule has 0 aromatic heterocycles. The number of anilines is 1. The smallest absolute Gasteiger partial charge is 0.387 e. The second-order valence-corrected chi connectivity index (χ2v) is 4.75. The summed E-state index contributed by atoms with van der Waals surface area (Å²) in [6.07, 6.45) is 0.570. The minimum absolute atomic E-state index is 0.0609. The van der Waals surface area contributed by atoms with Crippen molar-refractivity contribution in [3.8, 4) is 5.75 Å². The maximum absolute atomic E-state index is 13.1. The Morgan fingerprint density at radius 3 is 2.57 bits per heavy atom. The molecule has 0 radical (unpaired) electrons. The number of hydrogen-bond acceptors (Lipinski definition) is 2. The van der Waals surface area contributed by atoms with Crippen LogP contribution in [0.4, 0.5) is 18.9 Å². The molecule has 0 aliphatic heterocycles. The molecule has 21 heavy (non-hydrogen) atoms. The molecule has 0 spiro atoms. The topological polar surface area (TPSA) is 21.3 Å². The van der Waals surface area contributed by atoms with E-state index in [-0.39, 0.29) is 17.6 Å². The number of para-hydroxylation sites is 2. The summed E-state index contributed by atoms with van der Waals surface area (Å²) in [5.74, 6) is -0.195. The number of hydrogen-bond donors (Lipinski definition) is 1. The van der Waals surface area contributed by atoms with Crippen molar-refractivity contribution in [3.63, 3.8) is 0 Å². The fourth-order valence-electron chi connectivity index (χ4n) is 2.12. The van der Waals surface area contributed by atoms with Crippen LogP contribution in [0.15, 0.2) is 48.5 Å². The molecule has 0 saturated carbocycles. The van der Waals surface area contributed by atoms with E-state index in [0.29, 0.717) is 12.1 Å². The Hall–Kier alpha value is -2.17. The zero-order valence-electron chi connectivity index (χ0n) is 11.5. The van der Waals surface area contributed by atoms with Gasteiger partial charge in [-0.05, 0) is 43.2 Å². The molecule has 1 unspecified atom stereocenters. The van der Waals surface area contributed by atoms with Crippen LogP contribution in [0.1, 0.15) is 12.5 Å². The molecule has 112 valence electrons. The lowest BCUT2D eigenvalue weighted by Crippen LogP contribution is -2.19. The summed E-state index contributed by atoms with van der Waals surface area (Å²) in [4.78, 5) is 0. The van der Waals surface area contributed by atoms with Crippen molar-refractivity contribution < 1.29 is 17.9 Å². The van der Waals surface area contributed by atoms with Gasteiger partial charge >= 0.3 is 6.61 Å². The minimum Gasteiger partial charge on any atom is -0.433 e. The third-order valence-corrected chi connectivity index (χ3v) is 2.94. The highest BCUT2D eigenvalue weighted by Gasteiger charge is 2.11. The maximum atomic E-state index is 13.1. The number of rotatable bonds is 6. The Morgan fingerprint density at radius 2 is 1.86 bits per heavy atom. The molecule has 0 aliphatic carbocycles. The van der Waals surface area contributed by atoms with Crippen LogP contribution in [-0.4, -0.2) is 12.7 Å². The molecule has 1 atom stereocenters. The third kappa shape index (κ3) is 4.70. The first kappa shape index (κ1) is 15.2. The summed E-state index contributed by atoms with van der Waals surface area (Å²) in [5.41, 5.74) is 1.32. The van der Waals surface area contributed by atoms with Crippen molar-refractivity contribution in [1.29, 1.82) is 0 Å². The second kappa shape index (κ2) is 7.02. The summed E-state index contributed by atoms with van der Waals surface area (Å²) in [7, 11) is 0. The van der Waals surface area contributed by atoms with Crippen LogP contribution in [-0.2, 0) is 6.42 Å². The van der Waals surface area contributed by atoms with Gasteiger partial charge in [0.15, 0.2) is 0 Å². The summed E-state index contributed by atoms with van der Waals surface area (Å²) in [6, 6.07) is 12.7. The Bertz CT molecular complexity index is 589. The third-order valence-electron chi connectivity index (χ3n) is 2.94. The van der Waals surface area contributed by atoms with E-state index in [0.717, 1.165) is 5.56 Å². The van der Waals surface area contributed by atoms with E-state index in [1.807, 2.05) is 13.0 Å². The van der Waals surface area contributed by atoms with Gasteiger partial charge in [0.1, 0.15) is 11.6 Å². The van der Waals surface area contributed by atoms with E-state index in [2.05, 4.69) is 10.1 Å². The molecular formula is C16H16F3NO. The van der Waals surface area contributed by atoms with Crippen molar-refractivity contribution >= 4 is 5.69 Å². The lowest BCUT2D eigenvalue weighted by atomic mass is 10.1. The number of alkyl halides is 2. The summed E-state index contributed by atoms with van der Waals surface area (Å²) >= 11 is 0. The highest BCUT2D eigenvalue weighted by molar-refractivity contribution is 5.56. The van der Waals surface area contributed by atoms with Crippen molar-refractivity contribution in [3.05, 3.63) is 59.9 Å². The zero-order valence-corrected chi connectivity index (χ0v) is 11.5. The van der Waals surface area contributed by atoms with Gasteiger partial charge in [-0.15, -0.1) is 0 Å². The first-order chi connectivity index (χ1) is 10.0. The second-order valence-electron chi connectivity index (χ2n) is 4.75. The van der Waals surface area contributed by atoms with Gasteiger partial charge in [-0.25, -0.2) is 4.39 Å². The fraction of sp³-hybridized carbons (Fsp3) is 0.250. The Kier molecular flexibility index (Phi) is 5.09. The van der Waals surface area contributed by atoms with Crippen LogP contribution >= 0.6 is 0 Å². The number of ether oxygens (including phenoxy) is 1. The standard InChI is InChI=1S/C16H16F3NO/c1-11(9-12-5-4-6-13(17)10-12)20-14-7-2-3-8-15(14)21-16(18)19/h2-8,10-11,16,20H,9H2,1H3. The van der Waals surface area contributed by atoms with Crippen LogP contribution in [0, 0.1) is 5.82 Å². The molecule has 0 amide bonds. The predicted octanol–water partition coefficient (Wildman–Crippen LogP) is 4.47. The minimum atomic E-state index is -2.87. The molecular weight excluding hydrogens is 279 g/mol. The average Bonchev–Trinajstić information content (AvgIpc) is 2.40. The van der Waals surface area contributed by atoms with Gasteiger partial charge < -0.3 is 10.1 Å². The fourth-order valence-corrected chi connectivity index (χ4v) is 2.12. The number of nitrogens with one attached hydrogen (secondary N) is 1. The highest BCUT2D eigenvalue weighted by Crippen LogP contribution is 2.26. The molecule has 2 nitrogen and oxygen atoms in total. The van der Waals surface area contributed by atoms with E-state index in [1.165, 1.54) is 18.2 Å². The number of benzene rings is 2. The van der Waals surface area contributed by atoms with E-state index < -0.39 is 6.61 Å². The van der Waals surface area contributed by atoms with Crippen LogP contribution in [0.2, 0.25) is 0 Å². The lowest BCUT2D eigenvalue weighted by molar-refractivity contribution is -0.0493. The molecule has 5 heteroatoms. The zero-order chi connectivity index (χ0) is 15.2. The van der Waals surface area contributed by atoms with Gasteiger partial charge in [0.05, 0.1) is 5.69 Å². The molecule has 2 rings (SSSR count). The monoisotopic (exact) mass is 295 g/mol. The number of halogens is 3. The van der Waals surface area contributed by atoms with Crippen molar-refractivity contribution in [2.75, 3.05) is 5.32 Å². The van der Waals surface area contributed by atoms with Gasteiger partial charge in [0, 0.05) is 6.04 Å². The van der Waals surface area contributed by atoms with E-state index in [4.69, 9.17) is 0 Å². The van der Waals surface area contributed by atoms with E-state index in [9.17, 15) is 13.2 Å². The molecule has 0 fully saturated rings. The quantitative estimate of drug-likeness (QED) is 0.849. The largest absolute Gasteiger partial charge is 0.433 e. The Morgan fingerprint density at radius 1 is 1.10 bits per heavy atom. The Labute approximate surface area is 121 Å². The van der Waals surface area contributed by atoms with Crippen molar-refractivity contribution in [2.45, 2.75) is 26.0 Å². The Balaban J connectivity index is 2.04. The maximum Gasteiger partial charge on any atom is 0.387 e. The van der Waals surface area contributed by atoms with Gasteiger partial charge in [-0.3, -0.25) is 0 Å². The molecule has 1 N–H and O–H groups in total. The molecule has 0 bridgehead atoms. The molecule has 0 saturated heterocycles. The van der Waals surface area contributed by atoms with E-state index >= 15 is 0 Å². The molecule has 2 aromatic rings. The molecule has 2 aromatic carbocycles. The van der Waals surface area contributed by atoms with Crippen LogP contribution in [0.25, 0.3) is 0 Å². The normalized spacial score (nSPS) is 12.2. The summed E-state index contributed by atoms with van der Waals surface area (Å²) < 4.78 is 42.3. The first-order valence-electron chi connectivity index (χ1n) is 6.59. The SMILES string of the molecule is CC(Cc1cccc(F)c1)Nc1ccccc1OC(F)F. The predicted molar refractivity (Wildman–Crippen MR) is 76.3 cm³/mol. The van der Waals surface area contributed by atoms with Gasteiger partial charge in [-0.1, -0.05) is 24.3 Å². The summed E-state index contributed by atoms with van der Waals surface area (Å²) in [6.45, 7) is -0.976. The van der Waals surface area contributed by atoms with Crippen molar-refractivity contribution in [2.24, 2.45) is 0 Å². The van der Waals surface area contributed by atoms with Gasteiger partial charge in [0.2, 0.25) is 0 Å². The first-order valence-corrected chi connectivity index (χ1v) is 6.59. The summed E-state index contributed by atoms with van der Waals surface area (Å²) in [5, 5.41) is 3.10. The molecule has 0 heterocycles. The van der Waals surface area contributed by atoms with Crippen LogP contribution in [0.3, 0.4) is 0 Å². The lowest BCUT2D eigenvalue weighted by Gasteiger charge is -2.18. The van der Waals surface area contributed by atoms with Crippen LogP contribution in [0.5, 0.6) is 5.75 Å². The van der Waals surface area contributed by atoms with Gasteiger partial charge in [-0.2, -0.15) is 8.78 Å². The van der Waals surface area contributed by atoms with Crippen molar-refractivity contribution in [1.82, 2.24) is 0 Å². The van der Waals surface area contributed by atoms with Gasteiger partial charge in [0.25, 0.3) is 0 Å². The highest BCUT2D eigenvalue weighted by atomic mass is 19.3. The van der Waals surface area contributed by atoms with Crippen LogP contribution < -0.4 is 10.1 Å². The van der Waals surface area contributed by atoms with E-state index in [1.54, 1.807) is 24.3 Å². The average molecular weight is 295 g/mol.